The van der Waals surface area contributed by atoms with Crippen molar-refractivity contribution in [1.82, 2.24) is 0 Å². The van der Waals surface area contributed by atoms with Gasteiger partial charge in [-0.25, -0.2) is 0 Å². The summed E-state index contributed by atoms with van der Waals surface area (Å²) in [6.45, 7) is 0. The molecule has 0 atom stereocenters. The molecule has 0 fully saturated rings. The molecule has 2 aromatic carbocycles. The summed E-state index contributed by atoms with van der Waals surface area (Å²) in [5.74, 6) is 0. The quantitative estimate of drug-likeness (QED) is 0.385. The van der Waals surface area contributed by atoms with Crippen LogP contribution in [0.15, 0.2) is 66.7 Å². The largest absolute Gasteiger partial charge is 0.0795 e. The van der Waals surface area contributed by atoms with Gasteiger partial charge in [0.05, 0.1) is 0 Å². The van der Waals surface area contributed by atoms with Crippen LogP contribution in [-0.4, -0.2) is 0 Å². The average molecular weight is 266 g/mol. The van der Waals surface area contributed by atoms with E-state index in [9.17, 15) is 0 Å². The van der Waals surface area contributed by atoms with Crippen molar-refractivity contribution in [2.45, 2.75) is 6.42 Å². The molecule has 2 aromatic rings. The number of hydrogen-bond acceptors (Lipinski definition) is 0. The van der Waals surface area contributed by atoms with Gasteiger partial charge in [-0.05, 0) is 56.3 Å². The predicted octanol–water partition coefficient (Wildman–Crippen LogP) is 5.67. The highest BCUT2D eigenvalue weighted by Gasteiger charge is 2.20. The minimum absolute atomic E-state index is 1.05. The van der Waals surface area contributed by atoms with Crippen molar-refractivity contribution < 1.29 is 0 Å². The van der Waals surface area contributed by atoms with Crippen LogP contribution in [0.2, 0.25) is 0 Å². The molecule has 0 heteroatoms. The van der Waals surface area contributed by atoms with E-state index in [2.05, 4.69) is 72.8 Å². The fourth-order valence-electron chi connectivity index (χ4n) is 3.77. The highest BCUT2D eigenvalue weighted by Crippen LogP contribution is 2.44. The number of allylic oxidation sites excluding steroid dienone is 1. The lowest BCUT2D eigenvalue weighted by molar-refractivity contribution is 1.36. The third-order valence-electron chi connectivity index (χ3n) is 4.65. The molecule has 0 aliphatic heterocycles. The molecule has 0 radical (unpaired) electrons. The third-order valence-corrected chi connectivity index (χ3v) is 4.65. The van der Waals surface area contributed by atoms with Crippen molar-refractivity contribution in [3.05, 3.63) is 77.9 Å². The second kappa shape index (κ2) is 3.95. The van der Waals surface area contributed by atoms with E-state index in [-0.39, 0.29) is 0 Å². The van der Waals surface area contributed by atoms with Crippen LogP contribution >= 0.6 is 0 Å². The van der Waals surface area contributed by atoms with Crippen LogP contribution in [-0.2, 0) is 6.42 Å². The van der Waals surface area contributed by atoms with Crippen LogP contribution in [0, 0.1) is 0 Å². The predicted molar refractivity (Wildman–Crippen MR) is 90.8 cm³/mol. The smallest absolute Gasteiger partial charge is 0.00575 e. The fourth-order valence-corrected chi connectivity index (χ4v) is 3.77. The third kappa shape index (κ3) is 1.39. The van der Waals surface area contributed by atoms with Crippen molar-refractivity contribution in [2.75, 3.05) is 0 Å². The zero-order valence-corrected chi connectivity index (χ0v) is 11.6. The summed E-state index contributed by atoms with van der Waals surface area (Å²) < 4.78 is 0. The maximum absolute atomic E-state index is 2.35. The van der Waals surface area contributed by atoms with Gasteiger partial charge in [0.1, 0.15) is 0 Å². The van der Waals surface area contributed by atoms with Crippen molar-refractivity contribution in [1.29, 1.82) is 0 Å². The summed E-state index contributed by atoms with van der Waals surface area (Å²) >= 11 is 0. The molecule has 0 saturated carbocycles. The Morgan fingerprint density at radius 2 is 1.57 bits per heavy atom. The van der Waals surface area contributed by atoms with E-state index >= 15 is 0 Å². The van der Waals surface area contributed by atoms with Crippen LogP contribution in [0.3, 0.4) is 0 Å². The average Bonchev–Trinajstić information content (AvgIpc) is 3.14. The topological polar surface area (TPSA) is 0 Å². The van der Waals surface area contributed by atoms with Crippen molar-refractivity contribution in [3.63, 3.8) is 0 Å². The van der Waals surface area contributed by atoms with E-state index < -0.39 is 0 Å². The number of hydrogen-bond donors (Lipinski definition) is 0. The molecule has 0 spiro atoms. The second-order valence-corrected chi connectivity index (χ2v) is 5.76. The molecule has 3 aliphatic carbocycles. The molecule has 0 aromatic heterocycles. The lowest BCUT2D eigenvalue weighted by atomic mass is 9.96. The minimum Gasteiger partial charge on any atom is -0.0795 e. The highest BCUT2D eigenvalue weighted by atomic mass is 14.2. The Morgan fingerprint density at radius 3 is 2.52 bits per heavy atom. The Labute approximate surface area is 123 Å². The molecular formula is C21H14. The summed E-state index contributed by atoms with van der Waals surface area (Å²) in [4.78, 5) is 0. The molecule has 0 heterocycles. The summed E-state index contributed by atoms with van der Waals surface area (Å²) in [6, 6.07) is 22.0. The molecule has 3 aliphatic rings. The summed E-state index contributed by atoms with van der Waals surface area (Å²) in [5, 5.41) is 5.63. The van der Waals surface area contributed by atoms with Gasteiger partial charge in [0.2, 0.25) is 0 Å². The van der Waals surface area contributed by atoms with Gasteiger partial charge >= 0.3 is 0 Å². The van der Waals surface area contributed by atoms with Crippen molar-refractivity contribution in [3.8, 4) is 11.1 Å². The second-order valence-electron chi connectivity index (χ2n) is 5.76. The molecule has 0 unspecified atom stereocenters. The Hall–Kier alpha value is -2.60. The summed E-state index contributed by atoms with van der Waals surface area (Å²) in [5.41, 5.74) is 5.61. The zero-order chi connectivity index (χ0) is 13.8. The number of benzene rings is 1. The SMILES string of the molecule is C1=Cc2c(c3c4ccccccc-4cc3c3cccc23)C1. The van der Waals surface area contributed by atoms with E-state index in [1.807, 2.05) is 0 Å². The monoisotopic (exact) mass is 266 g/mol. The van der Waals surface area contributed by atoms with E-state index in [1.54, 1.807) is 0 Å². The van der Waals surface area contributed by atoms with Gasteiger partial charge in [0, 0.05) is 0 Å². The Bertz CT molecular complexity index is 1010. The maximum Gasteiger partial charge on any atom is -0.00575 e. The molecule has 98 valence electrons. The Morgan fingerprint density at radius 1 is 0.714 bits per heavy atom. The molecule has 0 N–H and O–H groups in total. The first-order valence-electron chi connectivity index (χ1n) is 7.45. The zero-order valence-electron chi connectivity index (χ0n) is 11.6. The molecule has 0 amide bonds. The van der Waals surface area contributed by atoms with Crippen LogP contribution in [0.5, 0.6) is 0 Å². The van der Waals surface area contributed by atoms with Gasteiger partial charge in [0.15, 0.2) is 0 Å². The first kappa shape index (κ1) is 11.1. The molecule has 0 nitrogen and oxygen atoms in total. The van der Waals surface area contributed by atoms with E-state index in [1.165, 1.54) is 43.8 Å². The van der Waals surface area contributed by atoms with Gasteiger partial charge in [-0.15, -0.1) is 0 Å². The van der Waals surface area contributed by atoms with Gasteiger partial charge in [0.25, 0.3) is 0 Å². The van der Waals surface area contributed by atoms with Gasteiger partial charge in [-0.1, -0.05) is 66.7 Å². The molecule has 21 heavy (non-hydrogen) atoms. The highest BCUT2D eigenvalue weighted by molar-refractivity contribution is 6.20. The minimum atomic E-state index is 1.05. The molecule has 0 saturated heterocycles. The molecule has 5 rings (SSSR count). The first-order chi connectivity index (χ1) is 10.4. The van der Waals surface area contributed by atoms with Crippen LogP contribution in [0.4, 0.5) is 0 Å². The van der Waals surface area contributed by atoms with E-state index in [0.717, 1.165) is 6.42 Å². The van der Waals surface area contributed by atoms with Crippen LogP contribution in [0.1, 0.15) is 11.1 Å². The first-order valence-corrected chi connectivity index (χ1v) is 7.45. The van der Waals surface area contributed by atoms with Gasteiger partial charge < -0.3 is 0 Å². The number of fused-ring (bicyclic) bond motifs is 8. The Kier molecular flexibility index (Phi) is 2.09. The molecule has 0 bridgehead atoms. The standard InChI is InChI=1S/C21H14/c1-2-4-8-15-14(7-3-1)13-20-18-11-5-9-16(18)17-10-6-12-19(17)21(15)20/h1-11,13H,12H2. The van der Waals surface area contributed by atoms with Crippen LogP contribution in [0.25, 0.3) is 38.7 Å². The summed E-state index contributed by atoms with van der Waals surface area (Å²) in [6.07, 6.45) is 5.63. The van der Waals surface area contributed by atoms with Crippen LogP contribution < -0.4 is 0 Å². The van der Waals surface area contributed by atoms with Gasteiger partial charge in [-0.3, -0.25) is 0 Å². The number of rotatable bonds is 0. The lowest BCUT2D eigenvalue weighted by Crippen LogP contribution is -1.85. The van der Waals surface area contributed by atoms with Gasteiger partial charge in [-0.2, -0.15) is 0 Å². The molecular weight excluding hydrogens is 252 g/mol. The lowest BCUT2D eigenvalue weighted by Gasteiger charge is -2.07. The van der Waals surface area contributed by atoms with Crippen molar-refractivity contribution in [2.24, 2.45) is 0 Å². The summed E-state index contributed by atoms with van der Waals surface area (Å²) in [7, 11) is 0. The van der Waals surface area contributed by atoms with Crippen molar-refractivity contribution >= 4 is 27.6 Å². The van der Waals surface area contributed by atoms with E-state index in [4.69, 9.17) is 0 Å². The Balaban J connectivity index is 2.10. The van der Waals surface area contributed by atoms with E-state index in [0.29, 0.717) is 0 Å². The normalized spacial score (nSPS) is 13.3. The maximum atomic E-state index is 2.35. The fraction of sp³-hybridized carbons (Fsp3) is 0.0476.